The molecule has 7 nitrogen and oxygen atoms in total. The number of halogens is 1. The summed E-state index contributed by atoms with van der Waals surface area (Å²) in [6.07, 6.45) is 3.24. The Kier molecular flexibility index (Phi) is 5.92. The van der Waals surface area contributed by atoms with Crippen LogP contribution in [0.4, 0.5) is 5.69 Å². The Bertz CT molecular complexity index is 991. The van der Waals surface area contributed by atoms with Gasteiger partial charge in [-0.2, -0.15) is 0 Å². The van der Waals surface area contributed by atoms with Crippen molar-refractivity contribution >= 4 is 44.8 Å². The number of nitrogens with one attached hydrogen (secondary N) is 2. The fraction of sp³-hybridized carbons (Fsp3) is 0.167. The molecule has 0 aliphatic carbocycles. The molecule has 0 aliphatic rings. The normalized spacial score (nSPS) is 10.5. The summed E-state index contributed by atoms with van der Waals surface area (Å²) < 4.78 is 0.965. The zero-order valence-electron chi connectivity index (χ0n) is 14.6. The summed E-state index contributed by atoms with van der Waals surface area (Å²) in [5.41, 5.74) is 2.25. The van der Waals surface area contributed by atoms with Gasteiger partial charge in [0.15, 0.2) is 10.8 Å². The molecule has 0 aliphatic heterocycles. The van der Waals surface area contributed by atoms with Crippen LogP contribution in [-0.4, -0.2) is 33.3 Å². The molecule has 0 saturated carbocycles. The van der Waals surface area contributed by atoms with Gasteiger partial charge in [-0.15, -0.1) is 11.3 Å². The monoisotopic (exact) mass is 445 g/mol. The van der Waals surface area contributed by atoms with Gasteiger partial charge in [0, 0.05) is 22.6 Å². The Hall–Kier alpha value is -2.65. The van der Waals surface area contributed by atoms with Gasteiger partial charge in [0.25, 0.3) is 5.91 Å². The minimum absolute atomic E-state index is 0.136. The van der Waals surface area contributed by atoms with Crippen LogP contribution in [0.25, 0.3) is 10.8 Å². The summed E-state index contributed by atoms with van der Waals surface area (Å²) in [4.78, 5) is 37.5. The number of aryl methyl sites for hydroxylation is 2. The second-order valence-electron chi connectivity index (χ2n) is 5.70. The van der Waals surface area contributed by atoms with Crippen molar-refractivity contribution in [1.82, 2.24) is 20.3 Å². The summed E-state index contributed by atoms with van der Waals surface area (Å²) in [6, 6.07) is 7.21. The number of carbonyl (C=O) groups excluding carboxylic acids is 2. The van der Waals surface area contributed by atoms with Crippen LogP contribution in [0.5, 0.6) is 0 Å². The van der Waals surface area contributed by atoms with Crippen LogP contribution in [0.15, 0.2) is 41.1 Å². The number of benzene rings is 1. The van der Waals surface area contributed by atoms with Crippen molar-refractivity contribution < 1.29 is 9.59 Å². The van der Waals surface area contributed by atoms with Gasteiger partial charge in [-0.05, 0) is 43.7 Å². The summed E-state index contributed by atoms with van der Waals surface area (Å²) in [5.74, 6) is -0.193. The van der Waals surface area contributed by atoms with Gasteiger partial charge in [-0.3, -0.25) is 9.59 Å². The van der Waals surface area contributed by atoms with E-state index in [-0.39, 0.29) is 18.4 Å². The molecule has 0 fully saturated rings. The number of aromatic nitrogens is 3. The van der Waals surface area contributed by atoms with E-state index in [1.165, 1.54) is 11.3 Å². The van der Waals surface area contributed by atoms with Crippen molar-refractivity contribution in [3.05, 3.63) is 57.3 Å². The highest BCUT2D eigenvalue weighted by molar-refractivity contribution is 9.10. The van der Waals surface area contributed by atoms with Gasteiger partial charge in [0.05, 0.1) is 12.2 Å². The van der Waals surface area contributed by atoms with E-state index in [0.717, 1.165) is 10.0 Å². The largest absolute Gasteiger partial charge is 0.342 e. The van der Waals surface area contributed by atoms with Crippen LogP contribution >= 0.6 is 27.3 Å². The Labute approximate surface area is 168 Å². The quantitative estimate of drug-likeness (QED) is 0.627. The molecule has 27 heavy (non-hydrogen) atoms. The van der Waals surface area contributed by atoms with E-state index in [1.807, 2.05) is 19.1 Å². The summed E-state index contributed by atoms with van der Waals surface area (Å²) in [7, 11) is 0. The molecule has 9 heteroatoms. The molecule has 3 aromatic rings. The van der Waals surface area contributed by atoms with E-state index in [2.05, 4.69) is 41.5 Å². The first kappa shape index (κ1) is 19.1. The molecule has 2 amide bonds. The third-order valence-electron chi connectivity index (χ3n) is 3.61. The maximum Gasteiger partial charge on any atom is 0.263 e. The SMILES string of the molecule is Cc1cc(NC(=O)CNC(=O)c2sc(-c3ncccn3)nc2C)ccc1Br. The lowest BCUT2D eigenvalue weighted by Crippen LogP contribution is -2.32. The Morgan fingerprint density at radius 3 is 2.63 bits per heavy atom. The third-order valence-corrected chi connectivity index (χ3v) is 5.65. The fourth-order valence-electron chi connectivity index (χ4n) is 2.28. The maximum atomic E-state index is 12.4. The predicted octanol–water partition coefficient (Wildman–Crippen LogP) is 3.35. The standard InChI is InChI=1S/C18H16BrN5O2S/c1-10-8-12(4-5-13(10)19)24-14(25)9-22-17(26)15-11(2)23-18(27-15)16-20-6-3-7-21-16/h3-8H,9H2,1-2H3,(H,22,26)(H,24,25). The van der Waals surface area contributed by atoms with E-state index < -0.39 is 0 Å². The molecule has 0 radical (unpaired) electrons. The van der Waals surface area contributed by atoms with E-state index >= 15 is 0 Å². The van der Waals surface area contributed by atoms with Crippen molar-refractivity contribution in [3.63, 3.8) is 0 Å². The van der Waals surface area contributed by atoms with Crippen molar-refractivity contribution in [2.24, 2.45) is 0 Å². The number of hydrogen-bond donors (Lipinski definition) is 2. The van der Waals surface area contributed by atoms with E-state index in [1.54, 1.807) is 31.5 Å². The molecule has 1 aromatic carbocycles. The van der Waals surface area contributed by atoms with Gasteiger partial charge in [-0.1, -0.05) is 15.9 Å². The Morgan fingerprint density at radius 2 is 1.93 bits per heavy atom. The molecular formula is C18H16BrN5O2S. The highest BCUT2D eigenvalue weighted by Crippen LogP contribution is 2.25. The van der Waals surface area contributed by atoms with Crippen LogP contribution in [0.2, 0.25) is 0 Å². The number of carbonyl (C=O) groups is 2. The van der Waals surface area contributed by atoms with Gasteiger partial charge in [0.1, 0.15) is 4.88 Å². The van der Waals surface area contributed by atoms with Crippen molar-refractivity contribution in [3.8, 4) is 10.8 Å². The lowest BCUT2D eigenvalue weighted by atomic mass is 10.2. The highest BCUT2D eigenvalue weighted by atomic mass is 79.9. The molecule has 3 rings (SSSR count). The lowest BCUT2D eigenvalue weighted by Gasteiger charge is -2.08. The zero-order valence-corrected chi connectivity index (χ0v) is 17.0. The van der Waals surface area contributed by atoms with Crippen LogP contribution in [0, 0.1) is 13.8 Å². The Morgan fingerprint density at radius 1 is 1.19 bits per heavy atom. The van der Waals surface area contributed by atoms with E-state index in [4.69, 9.17) is 0 Å². The first-order valence-electron chi connectivity index (χ1n) is 8.03. The van der Waals surface area contributed by atoms with Gasteiger partial charge in [0.2, 0.25) is 5.91 Å². The minimum Gasteiger partial charge on any atom is -0.342 e. The van der Waals surface area contributed by atoms with Gasteiger partial charge in [-0.25, -0.2) is 15.0 Å². The number of anilines is 1. The van der Waals surface area contributed by atoms with Gasteiger partial charge >= 0.3 is 0 Å². The number of thiazole rings is 1. The third kappa shape index (κ3) is 4.75. The molecule has 0 spiro atoms. The average Bonchev–Trinajstić information content (AvgIpc) is 3.05. The molecule has 2 aromatic heterocycles. The fourth-order valence-corrected chi connectivity index (χ4v) is 3.46. The van der Waals surface area contributed by atoms with Gasteiger partial charge < -0.3 is 10.6 Å². The average molecular weight is 446 g/mol. The Balaban J connectivity index is 1.61. The smallest absolute Gasteiger partial charge is 0.263 e. The number of nitrogens with zero attached hydrogens (tertiary/aromatic N) is 3. The van der Waals surface area contributed by atoms with E-state index in [9.17, 15) is 9.59 Å². The van der Waals surface area contributed by atoms with E-state index in [0.29, 0.717) is 27.1 Å². The second-order valence-corrected chi connectivity index (χ2v) is 7.55. The number of amides is 2. The minimum atomic E-state index is -0.352. The van der Waals surface area contributed by atoms with Crippen LogP contribution < -0.4 is 10.6 Å². The molecule has 0 unspecified atom stereocenters. The summed E-state index contributed by atoms with van der Waals surface area (Å²) >= 11 is 4.61. The molecular weight excluding hydrogens is 430 g/mol. The van der Waals surface area contributed by atoms with Crippen molar-refractivity contribution in [2.75, 3.05) is 11.9 Å². The molecule has 0 bridgehead atoms. The molecule has 138 valence electrons. The predicted molar refractivity (Wildman–Crippen MR) is 108 cm³/mol. The molecule has 0 atom stereocenters. The molecule has 0 saturated heterocycles. The topological polar surface area (TPSA) is 96.9 Å². The van der Waals surface area contributed by atoms with Crippen LogP contribution in [0.3, 0.4) is 0 Å². The lowest BCUT2D eigenvalue weighted by molar-refractivity contribution is -0.115. The number of rotatable bonds is 5. The maximum absolute atomic E-state index is 12.4. The summed E-state index contributed by atoms with van der Waals surface area (Å²) in [6.45, 7) is 3.53. The number of hydrogen-bond acceptors (Lipinski definition) is 6. The van der Waals surface area contributed by atoms with Crippen LogP contribution in [-0.2, 0) is 4.79 Å². The van der Waals surface area contributed by atoms with Crippen molar-refractivity contribution in [1.29, 1.82) is 0 Å². The molecule has 2 N–H and O–H groups in total. The van der Waals surface area contributed by atoms with Crippen molar-refractivity contribution in [2.45, 2.75) is 13.8 Å². The highest BCUT2D eigenvalue weighted by Gasteiger charge is 2.18. The first-order valence-corrected chi connectivity index (χ1v) is 9.64. The van der Waals surface area contributed by atoms with Crippen LogP contribution in [0.1, 0.15) is 20.9 Å². The molecule has 2 heterocycles. The first-order chi connectivity index (χ1) is 12.9. The zero-order chi connectivity index (χ0) is 19.4. The summed E-state index contributed by atoms with van der Waals surface area (Å²) in [5, 5.41) is 5.94. The second kappa shape index (κ2) is 8.36.